The van der Waals surface area contributed by atoms with E-state index >= 15 is 0 Å². The maximum Gasteiger partial charge on any atom is 0.227 e. The molecule has 0 aliphatic heterocycles. The first-order chi connectivity index (χ1) is 10.3. The van der Waals surface area contributed by atoms with Crippen molar-refractivity contribution in [1.82, 2.24) is 0 Å². The summed E-state index contributed by atoms with van der Waals surface area (Å²) in [6.45, 7) is 8.40. The Morgan fingerprint density at radius 1 is 1.00 bits per heavy atom. The van der Waals surface area contributed by atoms with Gasteiger partial charge in [0.05, 0.1) is 0 Å². The fourth-order valence-corrected chi connectivity index (χ4v) is 3.25. The second kappa shape index (κ2) is 6.64. The first-order valence-electron chi connectivity index (χ1n) is 8.19. The molecule has 1 aromatic rings. The van der Waals surface area contributed by atoms with Crippen molar-refractivity contribution in [1.29, 1.82) is 0 Å². The Hall–Kier alpha value is -1.64. The van der Waals surface area contributed by atoms with E-state index in [-0.39, 0.29) is 17.6 Å². The number of ketones is 1. The molecule has 0 unspecified atom stereocenters. The number of amides is 1. The molecule has 1 N–H and O–H groups in total. The lowest BCUT2D eigenvalue weighted by Gasteiger charge is -2.36. The number of benzene rings is 1. The first kappa shape index (κ1) is 16.7. The third kappa shape index (κ3) is 4.19. The van der Waals surface area contributed by atoms with Gasteiger partial charge in [0.25, 0.3) is 0 Å². The van der Waals surface area contributed by atoms with Gasteiger partial charge in [-0.2, -0.15) is 0 Å². The molecule has 22 heavy (non-hydrogen) atoms. The molecule has 1 amide bonds. The summed E-state index contributed by atoms with van der Waals surface area (Å²) in [5, 5.41) is 2.98. The van der Waals surface area contributed by atoms with Gasteiger partial charge in [-0.25, -0.2) is 0 Å². The highest BCUT2D eigenvalue weighted by Gasteiger charge is 2.32. The fourth-order valence-electron chi connectivity index (χ4n) is 3.25. The van der Waals surface area contributed by atoms with E-state index in [2.05, 4.69) is 26.1 Å². The summed E-state index contributed by atoms with van der Waals surface area (Å²) in [4.78, 5) is 23.6. The quantitative estimate of drug-likeness (QED) is 0.824. The molecular formula is C19H27NO2. The summed E-state index contributed by atoms with van der Waals surface area (Å²) in [6.07, 6.45) is 4.20. The van der Waals surface area contributed by atoms with Gasteiger partial charge < -0.3 is 5.32 Å². The summed E-state index contributed by atoms with van der Waals surface area (Å²) in [6, 6.07) is 7.12. The van der Waals surface area contributed by atoms with Crippen LogP contribution in [0.2, 0.25) is 0 Å². The van der Waals surface area contributed by atoms with Crippen LogP contribution in [0.15, 0.2) is 24.3 Å². The first-order valence-corrected chi connectivity index (χ1v) is 8.19. The molecule has 1 aromatic carbocycles. The van der Waals surface area contributed by atoms with Crippen molar-refractivity contribution >= 4 is 17.4 Å². The van der Waals surface area contributed by atoms with E-state index in [0.717, 1.165) is 31.4 Å². The van der Waals surface area contributed by atoms with Crippen LogP contribution in [0.25, 0.3) is 0 Å². The zero-order valence-corrected chi connectivity index (χ0v) is 14.1. The summed E-state index contributed by atoms with van der Waals surface area (Å²) in [7, 11) is 0. The van der Waals surface area contributed by atoms with Crippen LogP contribution < -0.4 is 5.32 Å². The van der Waals surface area contributed by atoms with Crippen molar-refractivity contribution in [2.75, 3.05) is 5.32 Å². The fraction of sp³-hybridized carbons (Fsp3) is 0.579. The van der Waals surface area contributed by atoms with Gasteiger partial charge in [0.2, 0.25) is 5.91 Å². The predicted molar refractivity (Wildman–Crippen MR) is 90.0 cm³/mol. The van der Waals surface area contributed by atoms with Crippen LogP contribution in [0.3, 0.4) is 0 Å². The molecule has 0 atom stereocenters. The Balaban J connectivity index is 1.89. The van der Waals surface area contributed by atoms with Gasteiger partial charge >= 0.3 is 0 Å². The number of carbonyl (C=O) groups excluding carboxylic acids is 2. The van der Waals surface area contributed by atoms with Gasteiger partial charge in [0.1, 0.15) is 0 Å². The third-order valence-corrected chi connectivity index (χ3v) is 4.88. The Labute approximate surface area is 133 Å². The second-order valence-corrected chi connectivity index (χ2v) is 7.54. The van der Waals surface area contributed by atoms with E-state index in [4.69, 9.17) is 0 Å². The smallest absolute Gasteiger partial charge is 0.227 e. The molecule has 3 nitrogen and oxygen atoms in total. The Bertz CT molecular complexity index is 532. The van der Waals surface area contributed by atoms with Gasteiger partial charge in [-0.15, -0.1) is 0 Å². The number of nitrogens with one attached hydrogen (secondary N) is 1. The number of hydrogen-bond donors (Lipinski definition) is 1. The van der Waals surface area contributed by atoms with Gasteiger partial charge in [0, 0.05) is 17.2 Å². The maximum atomic E-state index is 12.4. The minimum Gasteiger partial charge on any atom is -0.326 e. The lowest BCUT2D eigenvalue weighted by molar-refractivity contribution is -0.121. The highest BCUT2D eigenvalue weighted by Crippen LogP contribution is 2.40. The lowest BCUT2D eigenvalue weighted by Crippen LogP contribution is -2.31. The molecule has 0 aromatic heterocycles. The third-order valence-electron chi connectivity index (χ3n) is 4.88. The van der Waals surface area contributed by atoms with E-state index in [0.29, 0.717) is 16.9 Å². The number of anilines is 1. The van der Waals surface area contributed by atoms with Crippen LogP contribution in [0, 0.1) is 17.3 Å². The van der Waals surface area contributed by atoms with Crippen LogP contribution in [0.4, 0.5) is 5.69 Å². The SMILES string of the molecule is CC(=O)c1ccc(NC(=O)C2CCC(C(C)(C)C)CC2)cc1. The second-order valence-electron chi connectivity index (χ2n) is 7.54. The standard InChI is InChI=1S/C19H27NO2/c1-13(21)14-7-11-17(12-8-14)20-18(22)15-5-9-16(10-6-15)19(2,3)4/h7-8,11-12,15-16H,5-6,9-10H2,1-4H3,(H,20,22). The van der Waals surface area contributed by atoms with E-state index in [1.54, 1.807) is 31.2 Å². The number of Topliss-reactive ketones (excluding diaryl/α,β-unsaturated/α-hetero) is 1. The van der Waals surface area contributed by atoms with E-state index in [1.165, 1.54) is 0 Å². The molecule has 0 radical (unpaired) electrons. The summed E-state index contributed by atoms with van der Waals surface area (Å²) >= 11 is 0. The van der Waals surface area contributed by atoms with Crippen molar-refractivity contribution in [2.45, 2.75) is 53.4 Å². The van der Waals surface area contributed by atoms with Gasteiger partial charge in [-0.05, 0) is 68.2 Å². The molecular weight excluding hydrogens is 274 g/mol. The monoisotopic (exact) mass is 301 g/mol. The van der Waals surface area contributed by atoms with Crippen LogP contribution in [-0.4, -0.2) is 11.7 Å². The van der Waals surface area contributed by atoms with Crippen LogP contribution in [0.5, 0.6) is 0 Å². The van der Waals surface area contributed by atoms with Gasteiger partial charge in [0.15, 0.2) is 5.78 Å². The molecule has 0 bridgehead atoms. The molecule has 0 spiro atoms. The molecule has 1 aliphatic rings. The molecule has 120 valence electrons. The lowest BCUT2D eigenvalue weighted by atomic mass is 9.69. The zero-order chi connectivity index (χ0) is 16.3. The molecule has 0 heterocycles. The van der Waals surface area contributed by atoms with Gasteiger partial charge in [-0.3, -0.25) is 9.59 Å². The van der Waals surface area contributed by atoms with Gasteiger partial charge in [-0.1, -0.05) is 20.8 Å². The van der Waals surface area contributed by atoms with Crippen LogP contribution >= 0.6 is 0 Å². The minimum atomic E-state index is 0.0402. The summed E-state index contributed by atoms with van der Waals surface area (Å²) in [5.41, 5.74) is 1.78. The molecule has 1 saturated carbocycles. The average Bonchev–Trinajstić information content (AvgIpc) is 2.47. The van der Waals surface area contributed by atoms with Crippen molar-refractivity contribution in [3.63, 3.8) is 0 Å². The highest BCUT2D eigenvalue weighted by molar-refractivity contribution is 5.96. The molecule has 0 saturated heterocycles. The largest absolute Gasteiger partial charge is 0.326 e. The predicted octanol–water partition coefficient (Wildman–Crippen LogP) is 4.68. The number of rotatable bonds is 3. The van der Waals surface area contributed by atoms with Crippen molar-refractivity contribution in [3.05, 3.63) is 29.8 Å². The molecule has 3 heteroatoms. The number of hydrogen-bond acceptors (Lipinski definition) is 2. The minimum absolute atomic E-state index is 0.0402. The topological polar surface area (TPSA) is 46.2 Å². The Morgan fingerprint density at radius 2 is 1.55 bits per heavy atom. The van der Waals surface area contributed by atoms with Crippen LogP contribution in [0.1, 0.15) is 63.7 Å². The van der Waals surface area contributed by atoms with E-state index in [1.807, 2.05) is 0 Å². The average molecular weight is 301 g/mol. The van der Waals surface area contributed by atoms with Crippen molar-refractivity contribution in [3.8, 4) is 0 Å². The van der Waals surface area contributed by atoms with Crippen molar-refractivity contribution in [2.24, 2.45) is 17.3 Å². The summed E-state index contributed by atoms with van der Waals surface area (Å²) in [5.74, 6) is 0.985. The van der Waals surface area contributed by atoms with E-state index < -0.39 is 0 Å². The van der Waals surface area contributed by atoms with E-state index in [9.17, 15) is 9.59 Å². The van der Waals surface area contributed by atoms with Crippen LogP contribution in [-0.2, 0) is 4.79 Å². The summed E-state index contributed by atoms with van der Waals surface area (Å²) < 4.78 is 0. The number of carbonyl (C=O) groups is 2. The Kier molecular flexibility index (Phi) is 5.05. The van der Waals surface area contributed by atoms with Crippen molar-refractivity contribution < 1.29 is 9.59 Å². The normalized spacial score (nSPS) is 22.2. The molecule has 2 rings (SSSR count). The zero-order valence-electron chi connectivity index (χ0n) is 14.1. The maximum absolute atomic E-state index is 12.4. The molecule has 1 fully saturated rings. The Morgan fingerprint density at radius 3 is 2.00 bits per heavy atom. The molecule has 1 aliphatic carbocycles. The highest BCUT2D eigenvalue weighted by atomic mass is 16.2.